The summed E-state index contributed by atoms with van der Waals surface area (Å²) >= 11 is 0. The Kier molecular flexibility index (Phi) is 7.39. The normalized spacial score (nSPS) is 12.3. The van der Waals surface area contributed by atoms with Crippen LogP contribution in [-0.4, -0.2) is 30.0 Å². The van der Waals surface area contributed by atoms with Crippen molar-refractivity contribution in [2.24, 2.45) is 0 Å². The topological polar surface area (TPSA) is 86.7 Å². The fraction of sp³-hybridized carbons (Fsp3) is 0.400. The van der Waals surface area contributed by atoms with Crippen molar-refractivity contribution in [3.05, 3.63) is 58.7 Å². The Morgan fingerprint density at radius 1 is 0.643 bits per heavy atom. The number of benzene rings is 2. The fourth-order valence-electron chi connectivity index (χ4n) is 2.83. The Labute approximate surface area is 167 Å². The molecule has 28 heavy (non-hydrogen) atoms. The van der Waals surface area contributed by atoms with E-state index in [1.165, 1.54) is 12.1 Å². The van der Waals surface area contributed by atoms with E-state index in [4.69, 9.17) is 8.37 Å². The van der Waals surface area contributed by atoms with Gasteiger partial charge in [0.25, 0.3) is 20.2 Å². The number of aryl methyl sites for hydroxylation is 4. The largest absolute Gasteiger partial charge is 0.297 e. The Morgan fingerprint density at radius 3 is 1.32 bits per heavy atom. The summed E-state index contributed by atoms with van der Waals surface area (Å²) in [5, 5.41) is 0. The molecule has 6 nitrogen and oxygen atoms in total. The molecular weight excluding hydrogens is 400 g/mol. The van der Waals surface area contributed by atoms with Gasteiger partial charge in [0.05, 0.1) is 23.0 Å². The molecule has 0 aliphatic rings. The third-order valence-corrected chi connectivity index (χ3v) is 7.16. The van der Waals surface area contributed by atoms with Gasteiger partial charge in [0.1, 0.15) is 0 Å². The van der Waals surface area contributed by atoms with Crippen molar-refractivity contribution >= 4 is 20.2 Å². The van der Waals surface area contributed by atoms with Crippen molar-refractivity contribution in [2.75, 3.05) is 13.2 Å². The molecule has 2 aromatic carbocycles. The maximum Gasteiger partial charge on any atom is 0.297 e. The van der Waals surface area contributed by atoms with Gasteiger partial charge in [-0.25, -0.2) is 0 Å². The van der Waals surface area contributed by atoms with Crippen molar-refractivity contribution in [1.29, 1.82) is 0 Å². The molecule has 0 saturated heterocycles. The molecule has 0 aromatic heterocycles. The average Bonchev–Trinajstić information content (AvgIpc) is 2.57. The molecule has 0 atom stereocenters. The Bertz CT molecular complexity index is 955. The van der Waals surface area contributed by atoms with E-state index < -0.39 is 20.2 Å². The summed E-state index contributed by atoms with van der Waals surface area (Å²) < 4.78 is 59.1. The number of hydrogen-bond acceptors (Lipinski definition) is 6. The van der Waals surface area contributed by atoms with E-state index in [0.29, 0.717) is 24.0 Å². The maximum atomic E-state index is 12.3. The van der Waals surface area contributed by atoms with E-state index in [1.54, 1.807) is 38.1 Å². The highest BCUT2D eigenvalue weighted by molar-refractivity contribution is 7.87. The molecule has 0 heterocycles. The lowest BCUT2D eigenvalue weighted by Crippen LogP contribution is -2.12. The molecule has 0 unspecified atom stereocenters. The summed E-state index contributed by atoms with van der Waals surface area (Å²) in [4.78, 5) is 0.290. The molecule has 154 valence electrons. The van der Waals surface area contributed by atoms with E-state index in [9.17, 15) is 16.8 Å². The molecule has 0 saturated carbocycles. The molecule has 0 fully saturated rings. The van der Waals surface area contributed by atoms with Gasteiger partial charge in [-0.2, -0.15) is 16.8 Å². The van der Waals surface area contributed by atoms with Crippen LogP contribution in [0.3, 0.4) is 0 Å². The van der Waals surface area contributed by atoms with Gasteiger partial charge in [-0.3, -0.25) is 8.37 Å². The van der Waals surface area contributed by atoms with Gasteiger partial charge in [0.15, 0.2) is 0 Å². The van der Waals surface area contributed by atoms with Gasteiger partial charge in [0.2, 0.25) is 0 Å². The van der Waals surface area contributed by atoms with Crippen LogP contribution in [0, 0.1) is 27.7 Å². The fourth-order valence-corrected chi connectivity index (χ4v) is 5.13. The summed E-state index contributed by atoms with van der Waals surface area (Å²) in [5.74, 6) is 0. The van der Waals surface area contributed by atoms with Crippen molar-refractivity contribution in [3.8, 4) is 0 Å². The van der Waals surface area contributed by atoms with E-state index in [-0.39, 0.29) is 23.0 Å². The first-order valence-corrected chi connectivity index (χ1v) is 11.8. The van der Waals surface area contributed by atoms with Crippen LogP contribution >= 0.6 is 0 Å². The van der Waals surface area contributed by atoms with Crippen molar-refractivity contribution in [3.63, 3.8) is 0 Å². The van der Waals surface area contributed by atoms with Crippen LogP contribution in [0.5, 0.6) is 0 Å². The van der Waals surface area contributed by atoms with Crippen LogP contribution in [0.1, 0.15) is 35.1 Å². The first kappa shape index (κ1) is 22.5. The van der Waals surface area contributed by atoms with Gasteiger partial charge < -0.3 is 0 Å². The maximum absolute atomic E-state index is 12.3. The second kappa shape index (κ2) is 9.17. The standard InChI is InChI=1S/C20H26O6S2/c1-15-7-9-19(17(3)13-15)27(21,22)25-11-5-6-12-26-28(23,24)20-10-8-16(2)14-18(20)4/h7-10,13-14H,5-6,11-12H2,1-4H3. The lowest BCUT2D eigenvalue weighted by atomic mass is 10.2. The van der Waals surface area contributed by atoms with Gasteiger partial charge in [-0.1, -0.05) is 35.4 Å². The average molecular weight is 427 g/mol. The summed E-state index contributed by atoms with van der Waals surface area (Å²) in [6, 6.07) is 10.0. The van der Waals surface area contributed by atoms with E-state index in [2.05, 4.69) is 0 Å². The van der Waals surface area contributed by atoms with E-state index in [0.717, 1.165) is 11.1 Å². The number of unbranched alkanes of at least 4 members (excludes halogenated alkanes) is 1. The first-order chi connectivity index (χ1) is 13.0. The summed E-state index contributed by atoms with van der Waals surface area (Å²) in [5.41, 5.74) is 3.20. The zero-order chi connectivity index (χ0) is 20.9. The molecular formula is C20H26O6S2. The third kappa shape index (κ3) is 5.88. The van der Waals surface area contributed by atoms with Crippen LogP contribution in [-0.2, 0) is 28.6 Å². The highest BCUT2D eigenvalue weighted by Crippen LogP contribution is 2.20. The van der Waals surface area contributed by atoms with Crippen LogP contribution < -0.4 is 0 Å². The Balaban J connectivity index is 1.83. The van der Waals surface area contributed by atoms with Crippen LogP contribution in [0.2, 0.25) is 0 Å². The van der Waals surface area contributed by atoms with E-state index >= 15 is 0 Å². The predicted octanol–water partition coefficient (Wildman–Crippen LogP) is 3.81. The molecule has 0 aliphatic carbocycles. The third-order valence-electron chi connectivity index (χ3n) is 4.22. The van der Waals surface area contributed by atoms with Crippen molar-refractivity contribution < 1.29 is 25.2 Å². The molecule has 2 rings (SSSR count). The lowest BCUT2D eigenvalue weighted by molar-refractivity contribution is 0.270. The second-order valence-electron chi connectivity index (χ2n) is 6.80. The van der Waals surface area contributed by atoms with E-state index in [1.807, 2.05) is 13.8 Å². The predicted molar refractivity (Wildman–Crippen MR) is 107 cm³/mol. The molecule has 0 radical (unpaired) electrons. The van der Waals surface area contributed by atoms with Crippen LogP contribution in [0.4, 0.5) is 0 Å². The number of rotatable bonds is 9. The summed E-state index contributed by atoms with van der Waals surface area (Å²) in [6.07, 6.45) is 0.707. The highest BCUT2D eigenvalue weighted by atomic mass is 32.2. The molecule has 0 N–H and O–H groups in total. The second-order valence-corrected chi connectivity index (χ2v) is 9.96. The minimum Gasteiger partial charge on any atom is -0.266 e. The summed E-state index contributed by atoms with van der Waals surface area (Å²) in [7, 11) is -7.67. The molecule has 8 heteroatoms. The van der Waals surface area contributed by atoms with Crippen molar-refractivity contribution in [1.82, 2.24) is 0 Å². The van der Waals surface area contributed by atoms with Crippen LogP contribution in [0.25, 0.3) is 0 Å². The van der Waals surface area contributed by atoms with Crippen molar-refractivity contribution in [2.45, 2.75) is 50.3 Å². The first-order valence-electron chi connectivity index (χ1n) is 8.96. The Morgan fingerprint density at radius 2 is 1.00 bits per heavy atom. The SMILES string of the molecule is Cc1ccc(S(=O)(=O)OCCCCOS(=O)(=O)c2ccc(C)cc2C)c(C)c1. The summed E-state index contributed by atoms with van der Waals surface area (Å²) in [6.45, 7) is 7.13. The molecule has 0 amide bonds. The monoisotopic (exact) mass is 426 g/mol. The van der Waals surface area contributed by atoms with Crippen LogP contribution in [0.15, 0.2) is 46.2 Å². The minimum atomic E-state index is -3.84. The van der Waals surface area contributed by atoms with Gasteiger partial charge in [0, 0.05) is 0 Å². The van der Waals surface area contributed by atoms with Gasteiger partial charge in [-0.05, 0) is 63.8 Å². The highest BCUT2D eigenvalue weighted by Gasteiger charge is 2.19. The lowest BCUT2D eigenvalue weighted by Gasteiger charge is -2.10. The van der Waals surface area contributed by atoms with Gasteiger partial charge in [-0.15, -0.1) is 0 Å². The smallest absolute Gasteiger partial charge is 0.266 e. The molecule has 0 spiro atoms. The minimum absolute atomic E-state index is 0.0391. The zero-order valence-electron chi connectivity index (χ0n) is 16.6. The molecule has 0 bridgehead atoms. The Hall–Kier alpha value is -1.74. The van der Waals surface area contributed by atoms with Gasteiger partial charge >= 0.3 is 0 Å². The molecule has 0 aliphatic heterocycles. The zero-order valence-corrected chi connectivity index (χ0v) is 18.2. The quantitative estimate of drug-likeness (QED) is 0.448. The number of hydrogen-bond donors (Lipinski definition) is 0. The molecule has 2 aromatic rings.